The summed E-state index contributed by atoms with van der Waals surface area (Å²) in [5, 5.41) is 11.4. The van der Waals surface area contributed by atoms with E-state index >= 15 is 0 Å². The number of carbonyl (C=O) groups excluding carboxylic acids is 1. The molecule has 5 nitrogen and oxygen atoms in total. The highest BCUT2D eigenvalue weighted by atomic mass is 35.5. The molecule has 7 heteroatoms. The molecular weight excluding hydrogens is 291 g/mol. The lowest BCUT2D eigenvalue weighted by Gasteiger charge is -2.06. The average molecular weight is 305 g/mol. The zero-order valence-corrected chi connectivity index (χ0v) is 11.7. The molecule has 0 fully saturated rings. The number of carboxylic acid groups (broad SMARTS) is 1. The van der Waals surface area contributed by atoms with Crippen molar-refractivity contribution in [3.8, 4) is 0 Å². The highest BCUT2D eigenvalue weighted by molar-refractivity contribution is 6.34. The highest BCUT2D eigenvalue weighted by Crippen LogP contribution is 2.16. The maximum atomic E-state index is 11.7. The van der Waals surface area contributed by atoms with Crippen LogP contribution in [0.1, 0.15) is 36.0 Å². The van der Waals surface area contributed by atoms with Gasteiger partial charge in [-0.05, 0) is 25.0 Å². The molecule has 104 valence electrons. The molecule has 0 atom stereocenters. The van der Waals surface area contributed by atoms with Crippen molar-refractivity contribution in [3.05, 3.63) is 28.0 Å². The second-order valence-electron chi connectivity index (χ2n) is 3.93. The van der Waals surface area contributed by atoms with Gasteiger partial charge in [0.15, 0.2) is 0 Å². The summed E-state index contributed by atoms with van der Waals surface area (Å²) in [6.45, 7) is 0.470. The summed E-state index contributed by atoms with van der Waals surface area (Å²) >= 11 is 11.4. The first-order valence-corrected chi connectivity index (χ1v) is 6.58. The van der Waals surface area contributed by atoms with Gasteiger partial charge in [-0.25, -0.2) is 4.98 Å². The fourth-order valence-electron chi connectivity index (χ4n) is 1.46. The van der Waals surface area contributed by atoms with E-state index in [4.69, 9.17) is 28.3 Å². The third kappa shape index (κ3) is 5.89. The minimum Gasteiger partial charge on any atom is -0.481 e. The van der Waals surface area contributed by atoms with Crippen molar-refractivity contribution in [2.75, 3.05) is 6.54 Å². The molecule has 1 amide bonds. The Morgan fingerprint density at radius 1 is 1.21 bits per heavy atom. The third-order valence-electron chi connectivity index (χ3n) is 2.41. The molecule has 0 aromatic carbocycles. The summed E-state index contributed by atoms with van der Waals surface area (Å²) in [6.07, 6.45) is 2.23. The molecule has 0 aliphatic carbocycles. The molecule has 0 spiro atoms. The predicted molar refractivity (Wildman–Crippen MR) is 72.7 cm³/mol. The first-order valence-electron chi connectivity index (χ1n) is 5.82. The summed E-state index contributed by atoms with van der Waals surface area (Å²) in [6, 6.07) is 3.01. The quantitative estimate of drug-likeness (QED) is 0.599. The van der Waals surface area contributed by atoms with E-state index in [1.54, 1.807) is 0 Å². The molecule has 0 saturated heterocycles. The van der Waals surface area contributed by atoms with E-state index in [-0.39, 0.29) is 28.2 Å². The van der Waals surface area contributed by atoms with Crippen molar-refractivity contribution >= 4 is 35.1 Å². The third-order valence-corrected chi connectivity index (χ3v) is 2.91. The number of unbranched alkanes of at least 4 members (excludes halogenated alkanes) is 2. The summed E-state index contributed by atoms with van der Waals surface area (Å²) in [5.41, 5.74) is 0.275. The van der Waals surface area contributed by atoms with E-state index in [0.717, 1.165) is 12.8 Å². The summed E-state index contributed by atoms with van der Waals surface area (Å²) in [5.74, 6) is -1.12. The summed E-state index contributed by atoms with van der Waals surface area (Å²) in [4.78, 5) is 25.8. The number of carbonyl (C=O) groups is 2. The molecule has 0 aliphatic heterocycles. The molecule has 1 aromatic rings. The Morgan fingerprint density at radius 2 is 1.95 bits per heavy atom. The summed E-state index contributed by atoms with van der Waals surface area (Å²) < 4.78 is 0. The smallest absolute Gasteiger partial charge is 0.303 e. The van der Waals surface area contributed by atoms with Crippen molar-refractivity contribution in [2.45, 2.75) is 25.7 Å². The Morgan fingerprint density at radius 3 is 2.58 bits per heavy atom. The average Bonchev–Trinajstić information content (AvgIpc) is 2.32. The van der Waals surface area contributed by atoms with Crippen LogP contribution in [0.15, 0.2) is 12.1 Å². The molecule has 1 rings (SSSR count). The van der Waals surface area contributed by atoms with E-state index in [9.17, 15) is 9.59 Å². The van der Waals surface area contributed by atoms with Crippen LogP contribution < -0.4 is 5.32 Å². The molecule has 0 bridgehead atoms. The standard InChI is InChI=1S/C12H14Cl2N2O3/c13-9-6-5-8(11(14)16-9)12(19)15-7-3-1-2-4-10(17)18/h5-6H,1-4,7H2,(H,15,19)(H,17,18). The topological polar surface area (TPSA) is 79.3 Å². The highest BCUT2D eigenvalue weighted by Gasteiger charge is 2.11. The zero-order valence-electron chi connectivity index (χ0n) is 10.2. The largest absolute Gasteiger partial charge is 0.481 e. The molecule has 1 heterocycles. The number of nitrogens with zero attached hydrogens (tertiary/aromatic N) is 1. The van der Waals surface area contributed by atoms with E-state index < -0.39 is 5.97 Å². The van der Waals surface area contributed by atoms with Gasteiger partial charge in [-0.15, -0.1) is 0 Å². The van der Waals surface area contributed by atoms with Crippen LogP contribution in [0.5, 0.6) is 0 Å². The Balaban J connectivity index is 2.29. The maximum absolute atomic E-state index is 11.7. The Kier molecular flexibility index (Phi) is 6.59. The van der Waals surface area contributed by atoms with Crippen molar-refractivity contribution in [1.29, 1.82) is 0 Å². The number of hydrogen-bond donors (Lipinski definition) is 2. The van der Waals surface area contributed by atoms with Gasteiger partial charge in [0.1, 0.15) is 10.3 Å². The molecule has 0 aliphatic rings. The summed E-state index contributed by atoms with van der Waals surface area (Å²) in [7, 11) is 0. The minimum absolute atomic E-state index is 0.0656. The first kappa shape index (κ1) is 15.7. The van der Waals surface area contributed by atoms with Gasteiger partial charge in [-0.1, -0.05) is 29.6 Å². The van der Waals surface area contributed by atoms with Gasteiger partial charge in [-0.2, -0.15) is 0 Å². The Labute approximate surface area is 120 Å². The first-order chi connectivity index (χ1) is 9.00. The van der Waals surface area contributed by atoms with Crippen LogP contribution in [-0.4, -0.2) is 28.5 Å². The molecular formula is C12H14Cl2N2O3. The van der Waals surface area contributed by atoms with Crippen molar-refractivity contribution in [3.63, 3.8) is 0 Å². The van der Waals surface area contributed by atoms with Gasteiger partial charge in [0, 0.05) is 13.0 Å². The monoisotopic (exact) mass is 304 g/mol. The number of amides is 1. The van der Waals surface area contributed by atoms with Crippen LogP contribution in [0.2, 0.25) is 10.3 Å². The molecule has 2 N–H and O–H groups in total. The van der Waals surface area contributed by atoms with Gasteiger partial charge in [-0.3, -0.25) is 9.59 Å². The van der Waals surface area contributed by atoms with E-state index in [1.807, 2.05) is 0 Å². The number of pyridine rings is 1. The fourth-order valence-corrected chi connectivity index (χ4v) is 1.89. The second-order valence-corrected chi connectivity index (χ2v) is 4.68. The number of rotatable bonds is 7. The van der Waals surface area contributed by atoms with Gasteiger partial charge >= 0.3 is 5.97 Å². The predicted octanol–water partition coefficient (Wildman–Crippen LogP) is 2.76. The number of nitrogens with one attached hydrogen (secondary N) is 1. The molecule has 19 heavy (non-hydrogen) atoms. The molecule has 0 unspecified atom stereocenters. The van der Waals surface area contributed by atoms with Crippen LogP contribution >= 0.6 is 23.2 Å². The number of carboxylic acids is 1. The number of aliphatic carboxylic acids is 1. The van der Waals surface area contributed by atoms with E-state index in [1.165, 1.54) is 12.1 Å². The van der Waals surface area contributed by atoms with Crippen LogP contribution in [-0.2, 0) is 4.79 Å². The number of aromatic nitrogens is 1. The minimum atomic E-state index is -0.803. The number of hydrogen-bond acceptors (Lipinski definition) is 3. The Hall–Kier alpha value is -1.33. The van der Waals surface area contributed by atoms with Crippen LogP contribution in [0, 0.1) is 0 Å². The van der Waals surface area contributed by atoms with Gasteiger partial charge < -0.3 is 10.4 Å². The zero-order chi connectivity index (χ0) is 14.3. The van der Waals surface area contributed by atoms with E-state index in [0.29, 0.717) is 13.0 Å². The molecule has 1 aromatic heterocycles. The van der Waals surface area contributed by atoms with Crippen LogP contribution in [0.4, 0.5) is 0 Å². The molecule has 0 saturated carbocycles. The van der Waals surface area contributed by atoms with Crippen molar-refractivity contribution < 1.29 is 14.7 Å². The normalized spacial score (nSPS) is 10.2. The number of halogens is 2. The van der Waals surface area contributed by atoms with Crippen LogP contribution in [0.25, 0.3) is 0 Å². The SMILES string of the molecule is O=C(O)CCCCCNC(=O)c1ccc(Cl)nc1Cl. The van der Waals surface area contributed by atoms with Crippen molar-refractivity contribution in [1.82, 2.24) is 10.3 Å². The van der Waals surface area contributed by atoms with Gasteiger partial charge in [0.2, 0.25) is 0 Å². The maximum Gasteiger partial charge on any atom is 0.303 e. The molecule has 0 radical (unpaired) electrons. The van der Waals surface area contributed by atoms with Crippen LogP contribution in [0.3, 0.4) is 0 Å². The van der Waals surface area contributed by atoms with Crippen molar-refractivity contribution in [2.24, 2.45) is 0 Å². The van der Waals surface area contributed by atoms with Gasteiger partial charge in [0.25, 0.3) is 5.91 Å². The lowest BCUT2D eigenvalue weighted by Crippen LogP contribution is -2.25. The fraction of sp³-hybridized carbons (Fsp3) is 0.417. The Bertz CT molecular complexity index is 466. The van der Waals surface area contributed by atoms with Gasteiger partial charge in [0.05, 0.1) is 5.56 Å². The second kappa shape index (κ2) is 7.96. The lowest BCUT2D eigenvalue weighted by molar-refractivity contribution is -0.137. The lowest BCUT2D eigenvalue weighted by atomic mass is 10.2. The van der Waals surface area contributed by atoms with E-state index in [2.05, 4.69) is 10.3 Å².